The number of halogens is 2. The molecule has 0 bridgehead atoms. The van der Waals surface area contributed by atoms with E-state index >= 15 is 0 Å². The molecular formula is C26H23Br2N3O3. The maximum atomic E-state index is 12.2. The van der Waals surface area contributed by atoms with E-state index in [9.17, 15) is 9.90 Å². The van der Waals surface area contributed by atoms with Crippen LogP contribution in [0.2, 0.25) is 0 Å². The molecule has 0 saturated heterocycles. The van der Waals surface area contributed by atoms with E-state index in [1.165, 1.54) is 0 Å². The lowest BCUT2D eigenvalue weighted by atomic mass is 10.00. The fourth-order valence-electron chi connectivity index (χ4n) is 3.80. The zero-order chi connectivity index (χ0) is 24.4. The van der Waals surface area contributed by atoms with Crippen LogP contribution >= 0.6 is 31.9 Å². The van der Waals surface area contributed by atoms with Crippen molar-refractivity contribution in [2.24, 2.45) is 4.99 Å². The lowest BCUT2D eigenvalue weighted by Gasteiger charge is -2.17. The van der Waals surface area contributed by atoms with Gasteiger partial charge in [0.05, 0.1) is 34.8 Å². The van der Waals surface area contributed by atoms with Gasteiger partial charge in [0, 0.05) is 39.5 Å². The van der Waals surface area contributed by atoms with E-state index in [-0.39, 0.29) is 5.88 Å². The molecule has 4 rings (SSSR count). The van der Waals surface area contributed by atoms with Crippen molar-refractivity contribution in [3.63, 3.8) is 0 Å². The number of aromatic amines is 1. The van der Waals surface area contributed by atoms with E-state index in [0.717, 1.165) is 25.6 Å². The largest absolute Gasteiger partial charge is 0.494 e. The lowest BCUT2D eigenvalue weighted by Crippen LogP contribution is -2.10. The topological polar surface area (TPSA) is 77.9 Å². The summed E-state index contributed by atoms with van der Waals surface area (Å²) in [5, 5.41) is 11.7. The number of esters is 1. The molecule has 4 aromatic rings. The van der Waals surface area contributed by atoms with Crippen LogP contribution in [0.1, 0.15) is 28.4 Å². The van der Waals surface area contributed by atoms with Crippen molar-refractivity contribution < 1.29 is 14.6 Å². The van der Waals surface area contributed by atoms with Crippen molar-refractivity contribution in [1.29, 1.82) is 0 Å². The van der Waals surface area contributed by atoms with Gasteiger partial charge in [0.15, 0.2) is 5.88 Å². The first-order valence-corrected chi connectivity index (χ1v) is 12.2. The summed E-state index contributed by atoms with van der Waals surface area (Å²) in [6.07, 6.45) is 0. The Balaban J connectivity index is 1.92. The minimum absolute atomic E-state index is 0.0262. The highest BCUT2D eigenvalue weighted by Gasteiger charge is 2.20. The van der Waals surface area contributed by atoms with Crippen LogP contribution in [0.15, 0.2) is 74.6 Å². The maximum Gasteiger partial charge on any atom is 0.338 e. The number of nitrogens with zero attached hydrogens (tertiary/aromatic N) is 2. The van der Waals surface area contributed by atoms with Crippen LogP contribution in [0.4, 0.5) is 11.4 Å². The molecule has 34 heavy (non-hydrogen) atoms. The third-order valence-corrected chi connectivity index (χ3v) is 6.47. The predicted octanol–water partition coefficient (Wildman–Crippen LogP) is 6.81. The first-order valence-electron chi connectivity index (χ1n) is 10.6. The number of anilines is 1. The number of aliphatic imine (C=N–C) groups is 1. The van der Waals surface area contributed by atoms with Crippen molar-refractivity contribution in [2.75, 3.05) is 25.6 Å². The van der Waals surface area contributed by atoms with Gasteiger partial charge in [-0.25, -0.2) is 9.79 Å². The molecule has 8 heteroatoms. The molecule has 0 atom stereocenters. The van der Waals surface area contributed by atoms with E-state index in [2.05, 4.69) is 36.8 Å². The fraction of sp³-hybridized carbons (Fsp3) is 0.154. The summed E-state index contributed by atoms with van der Waals surface area (Å²) in [4.78, 5) is 22.1. The van der Waals surface area contributed by atoms with E-state index in [1.807, 2.05) is 61.5 Å². The minimum atomic E-state index is -0.410. The number of aromatic hydroxyl groups is 1. The number of hydrogen-bond donors (Lipinski definition) is 2. The summed E-state index contributed by atoms with van der Waals surface area (Å²) in [7, 11) is 3.94. The summed E-state index contributed by atoms with van der Waals surface area (Å²) < 4.78 is 6.89. The second-order valence-corrected chi connectivity index (χ2v) is 9.52. The van der Waals surface area contributed by atoms with Crippen molar-refractivity contribution in [1.82, 2.24) is 4.98 Å². The number of nitrogens with one attached hydrogen (secondary N) is 1. The van der Waals surface area contributed by atoms with Crippen molar-refractivity contribution >= 4 is 65.8 Å². The first kappa shape index (κ1) is 24.0. The normalized spacial score (nSPS) is 11.6. The van der Waals surface area contributed by atoms with Gasteiger partial charge in [-0.15, -0.1) is 0 Å². The molecule has 2 N–H and O–H groups in total. The Bertz CT molecular complexity index is 1370. The Morgan fingerprint density at radius 1 is 1.03 bits per heavy atom. The number of hydrogen-bond acceptors (Lipinski definition) is 5. The summed E-state index contributed by atoms with van der Waals surface area (Å²) in [5.41, 5.74) is 4.74. The van der Waals surface area contributed by atoms with Crippen LogP contribution in [-0.4, -0.2) is 42.5 Å². The van der Waals surface area contributed by atoms with Crippen molar-refractivity contribution in [2.45, 2.75) is 6.92 Å². The van der Waals surface area contributed by atoms with Gasteiger partial charge in [0.25, 0.3) is 0 Å². The van der Waals surface area contributed by atoms with E-state index < -0.39 is 5.97 Å². The van der Waals surface area contributed by atoms with Gasteiger partial charge in [-0.05, 0) is 63.0 Å². The Morgan fingerprint density at radius 3 is 2.32 bits per heavy atom. The molecule has 0 radical (unpaired) electrons. The number of fused-ring (bicyclic) bond motifs is 1. The monoisotopic (exact) mass is 583 g/mol. The number of aromatic nitrogens is 1. The lowest BCUT2D eigenvalue weighted by molar-refractivity contribution is 0.0526. The smallest absolute Gasteiger partial charge is 0.338 e. The van der Waals surface area contributed by atoms with Crippen molar-refractivity contribution in [3.05, 3.63) is 86.3 Å². The molecule has 174 valence electrons. The van der Waals surface area contributed by atoms with Crippen LogP contribution in [-0.2, 0) is 4.74 Å². The number of carbonyl (C=O) groups is 1. The predicted molar refractivity (Wildman–Crippen MR) is 144 cm³/mol. The number of ether oxygens (including phenoxy) is 1. The molecule has 3 aromatic carbocycles. The average Bonchev–Trinajstić information content (AvgIpc) is 3.12. The van der Waals surface area contributed by atoms with E-state index in [0.29, 0.717) is 34.6 Å². The summed E-state index contributed by atoms with van der Waals surface area (Å²) >= 11 is 7.28. The molecule has 0 unspecified atom stereocenters. The maximum absolute atomic E-state index is 12.2. The Morgan fingerprint density at radius 2 is 1.71 bits per heavy atom. The van der Waals surface area contributed by atoms with Gasteiger partial charge in [-0.3, -0.25) is 0 Å². The first-order chi connectivity index (χ1) is 16.3. The van der Waals surface area contributed by atoms with Crippen LogP contribution < -0.4 is 4.90 Å². The highest BCUT2D eigenvalue weighted by atomic mass is 79.9. The zero-order valence-corrected chi connectivity index (χ0v) is 22.1. The quantitative estimate of drug-likeness (QED) is 0.193. The Kier molecular flexibility index (Phi) is 7.09. The molecule has 0 aliphatic heterocycles. The highest BCUT2D eigenvalue weighted by molar-refractivity contribution is 9.11. The Labute approximate surface area is 214 Å². The minimum Gasteiger partial charge on any atom is -0.494 e. The molecule has 0 amide bonds. The van der Waals surface area contributed by atoms with E-state index in [4.69, 9.17) is 9.73 Å². The number of carbonyl (C=O) groups excluding carboxylic acids is 1. The fourth-order valence-corrected chi connectivity index (χ4v) is 5.67. The molecule has 0 fully saturated rings. The molecule has 6 nitrogen and oxygen atoms in total. The summed E-state index contributed by atoms with van der Waals surface area (Å²) in [6.45, 7) is 2.06. The van der Waals surface area contributed by atoms with Crippen LogP contribution in [0.25, 0.3) is 10.9 Å². The summed E-state index contributed by atoms with van der Waals surface area (Å²) in [5.74, 6) is -0.436. The number of benzene rings is 3. The van der Waals surface area contributed by atoms with Gasteiger partial charge in [0.2, 0.25) is 0 Å². The number of H-pyrrole nitrogens is 1. The zero-order valence-electron chi connectivity index (χ0n) is 18.9. The van der Waals surface area contributed by atoms with Gasteiger partial charge in [0.1, 0.15) is 0 Å². The highest BCUT2D eigenvalue weighted by Crippen LogP contribution is 2.38. The molecule has 1 heterocycles. The average molecular weight is 585 g/mol. The second kappa shape index (κ2) is 10.0. The van der Waals surface area contributed by atoms with Gasteiger partial charge in [-0.1, -0.05) is 36.4 Å². The molecule has 0 aliphatic rings. The standard InChI is InChI=1S/C26H23Br2N3O3/c1-4-34-26(33)16-10-11-18-21(12-16)30-25(32)22(18)23(15-8-6-5-7-9-15)29-17-13-19(27)24(31(2)3)20(28)14-17/h5-14,30,32H,4H2,1-3H3. The molecule has 1 aromatic heterocycles. The summed E-state index contributed by atoms with van der Waals surface area (Å²) in [6, 6.07) is 18.7. The van der Waals surface area contributed by atoms with Crippen LogP contribution in [0.3, 0.4) is 0 Å². The van der Waals surface area contributed by atoms with Gasteiger partial charge in [-0.2, -0.15) is 0 Å². The molecule has 0 aliphatic carbocycles. The van der Waals surface area contributed by atoms with Crippen molar-refractivity contribution in [3.8, 4) is 5.88 Å². The van der Waals surface area contributed by atoms with E-state index in [1.54, 1.807) is 25.1 Å². The Hall–Kier alpha value is -3.10. The molecule has 0 saturated carbocycles. The van der Waals surface area contributed by atoms with Gasteiger partial charge >= 0.3 is 5.97 Å². The van der Waals surface area contributed by atoms with Crippen LogP contribution in [0, 0.1) is 0 Å². The SMILES string of the molecule is CCOC(=O)c1ccc2c(C(=Nc3cc(Br)c(N(C)C)c(Br)c3)c3ccccc3)c(O)[nH]c2c1. The second-order valence-electron chi connectivity index (χ2n) is 7.81. The third kappa shape index (κ3) is 4.74. The number of rotatable bonds is 6. The molecular weight excluding hydrogens is 562 g/mol. The molecule has 0 spiro atoms. The van der Waals surface area contributed by atoms with Gasteiger partial charge < -0.3 is 19.7 Å². The third-order valence-electron chi connectivity index (χ3n) is 5.26. The van der Waals surface area contributed by atoms with Crippen LogP contribution in [0.5, 0.6) is 5.88 Å².